The van der Waals surface area contributed by atoms with Gasteiger partial charge in [0.05, 0.1) is 12.2 Å². The minimum absolute atomic E-state index is 0.197. The Morgan fingerprint density at radius 3 is 2.75 bits per heavy atom. The van der Waals surface area contributed by atoms with Gasteiger partial charge < -0.3 is 9.84 Å². The molecule has 3 nitrogen and oxygen atoms in total. The first-order chi connectivity index (χ1) is 9.56. The van der Waals surface area contributed by atoms with Gasteiger partial charge in [0, 0.05) is 18.2 Å². The molecule has 1 aliphatic rings. The van der Waals surface area contributed by atoms with Crippen LogP contribution in [0.5, 0.6) is 5.75 Å². The molecule has 2 atom stereocenters. The summed E-state index contributed by atoms with van der Waals surface area (Å²) in [5.41, 5.74) is 1.25. The van der Waals surface area contributed by atoms with Gasteiger partial charge in [-0.05, 0) is 52.6 Å². The van der Waals surface area contributed by atoms with Crippen molar-refractivity contribution >= 4 is 0 Å². The van der Waals surface area contributed by atoms with E-state index in [4.69, 9.17) is 4.74 Å². The van der Waals surface area contributed by atoms with E-state index >= 15 is 0 Å². The maximum atomic E-state index is 9.62. The Kier molecular flexibility index (Phi) is 5.44. The van der Waals surface area contributed by atoms with Gasteiger partial charge in [-0.1, -0.05) is 18.2 Å². The van der Waals surface area contributed by atoms with Gasteiger partial charge in [-0.3, -0.25) is 4.90 Å². The smallest absolute Gasteiger partial charge is 0.124 e. The summed E-state index contributed by atoms with van der Waals surface area (Å²) in [6, 6.07) is 8.80. The third kappa shape index (κ3) is 4.22. The van der Waals surface area contributed by atoms with E-state index in [0.717, 1.165) is 25.3 Å². The topological polar surface area (TPSA) is 32.7 Å². The number of nitrogens with zero attached hydrogens (tertiary/aromatic N) is 1. The fourth-order valence-corrected chi connectivity index (χ4v) is 2.99. The van der Waals surface area contributed by atoms with Crippen molar-refractivity contribution in [2.45, 2.75) is 64.8 Å². The van der Waals surface area contributed by atoms with Gasteiger partial charge in [0.15, 0.2) is 0 Å². The van der Waals surface area contributed by atoms with Gasteiger partial charge in [0.1, 0.15) is 5.75 Å². The number of aliphatic hydroxyl groups is 1. The highest BCUT2D eigenvalue weighted by Gasteiger charge is 2.26. The molecular weight excluding hydrogens is 250 g/mol. The number of benzene rings is 1. The van der Waals surface area contributed by atoms with Gasteiger partial charge in [0.25, 0.3) is 0 Å². The highest BCUT2D eigenvalue weighted by Crippen LogP contribution is 2.27. The lowest BCUT2D eigenvalue weighted by Crippen LogP contribution is -2.31. The fourth-order valence-electron chi connectivity index (χ4n) is 2.99. The van der Waals surface area contributed by atoms with Crippen molar-refractivity contribution in [3.8, 4) is 5.75 Å². The molecule has 2 rings (SSSR count). The van der Waals surface area contributed by atoms with Gasteiger partial charge in [-0.25, -0.2) is 0 Å². The Morgan fingerprint density at radius 2 is 2.05 bits per heavy atom. The third-order valence-corrected chi connectivity index (χ3v) is 3.82. The average molecular weight is 277 g/mol. The molecule has 1 aromatic carbocycles. The van der Waals surface area contributed by atoms with Crippen LogP contribution in [0.15, 0.2) is 24.3 Å². The zero-order valence-corrected chi connectivity index (χ0v) is 12.9. The van der Waals surface area contributed by atoms with Crippen LogP contribution in [0.2, 0.25) is 0 Å². The number of ether oxygens (including phenoxy) is 1. The lowest BCUT2D eigenvalue weighted by atomic mass is 10.1. The van der Waals surface area contributed by atoms with Crippen LogP contribution >= 0.6 is 0 Å². The van der Waals surface area contributed by atoms with E-state index in [0.29, 0.717) is 6.04 Å². The van der Waals surface area contributed by atoms with E-state index in [1.54, 1.807) is 0 Å². The van der Waals surface area contributed by atoms with E-state index in [9.17, 15) is 5.11 Å². The average Bonchev–Trinajstić information content (AvgIpc) is 2.78. The Morgan fingerprint density at radius 1 is 1.30 bits per heavy atom. The Hall–Kier alpha value is -1.06. The maximum absolute atomic E-state index is 9.62. The molecule has 0 amide bonds. The minimum Gasteiger partial charge on any atom is -0.491 e. The Balaban J connectivity index is 2.05. The Bertz CT molecular complexity index is 417. The molecule has 0 aliphatic carbocycles. The summed E-state index contributed by atoms with van der Waals surface area (Å²) < 4.78 is 5.90. The van der Waals surface area contributed by atoms with Crippen LogP contribution < -0.4 is 4.74 Å². The van der Waals surface area contributed by atoms with Crippen molar-refractivity contribution in [3.05, 3.63) is 29.8 Å². The van der Waals surface area contributed by atoms with Crippen LogP contribution in [-0.2, 0) is 6.54 Å². The molecule has 3 heteroatoms. The predicted molar refractivity (Wildman–Crippen MR) is 81.9 cm³/mol. The third-order valence-electron chi connectivity index (χ3n) is 3.82. The molecule has 1 fully saturated rings. The molecule has 1 N–H and O–H groups in total. The molecule has 1 heterocycles. The van der Waals surface area contributed by atoms with Gasteiger partial charge in [0.2, 0.25) is 0 Å². The zero-order valence-electron chi connectivity index (χ0n) is 12.9. The molecule has 0 aromatic heterocycles. The highest BCUT2D eigenvalue weighted by atomic mass is 16.5. The number of para-hydroxylation sites is 1. The maximum Gasteiger partial charge on any atom is 0.124 e. The number of aliphatic hydroxyl groups excluding tert-OH is 1. The van der Waals surface area contributed by atoms with Crippen LogP contribution in [0, 0.1) is 0 Å². The summed E-state index contributed by atoms with van der Waals surface area (Å²) in [7, 11) is 0. The van der Waals surface area contributed by atoms with Crippen molar-refractivity contribution in [2.24, 2.45) is 0 Å². The molecule has 1 aromatic rings. The van der Waals surface area contributed by atoms with E-state index in [1.807, 2.05) is 13.0 Å². The molecule has 0 bridgehead atoms. The van der Waals surface area contributed by atoms with E-state index in [2.05, 4.69) is 36.9 Å². The normalized spacial score (nSPS) is 21.4. The Labute approximate surface area is 122 Å². The van der Waals surface area contributed by atoms with Crippen molar-refractivity contribution < 1.29 is 9.84 Å². The molecule has 2 unspecified atom stereocenters. The molecule has 0 saturated carbocycles. The molecular formula is C17H27NO2. The summed E-state index contributed by atoms with van der Waals surface area (Å²) in [6.45, 7) is 8.03. The minimum atomic E-state index is -0.220. The summed E-state index contributed by atoms with van der Waals surface area (Å²) in [4.78, 5) is 2.48. The highest BCUT2D eigenvalue weighted by molar-refractivity contribution is 5.33. The summed E-state index contributed by atoms with van der Waals surface area (Å²) in [6.07, 6.45) is 3.27. The lowest BCUT2D eigenvalue weighted by molar-refractivity contribution is 0.129. The van der Waals surface area contributed by atoms with Crippen LogP contribution in [0.3, 0.4) is 0 Å². The SMILES string of the molecule is CC(O)CC1CCCN1Cc1ccccc1OC(C)C. The second kappa shape index (κ2) is 7.09. The van der Waals surface area contributed by atoms with E-state index in [-0.39, 0.29) is 12.2 Å². The first-order valence-corrected chi connectivity index (χ1v) is 7.73. The first kappa shape index (κ1) is 15.3. The van der Waals surface area contributed by atoms with Gasteiger partial charge in [-0.15, -0.1) is 0 Å². The second-order valence-corrected chi connectivity index (χ2v) is 6.13. The molecule has 112 valence electrons. The number of hydrogen-bond acceptors (Lipinski definition) is 3. The molecule has 1 aliphatic heterocycles. The van der Waals surface area contributed by atoms with Gasteiger partial charge >= 0.3 is 0 Å². The standard InChI is InChI=1S/C17H27NO2/c1-13(2)20-17-9-5-4-7-15(17)12-18-10-6-8-16(18)11-14(3)19/h4-5,7,9,13-14,16,19H,6,8,10-12H2,1-3H3. The monoisotopic (exact) mass is 277 g/mol. The quantitative estimate of drug-likeness (QED) is 0.866. The largest absolute Gasteiger partial charge is 0.491 e. The van der Waals surface area contributed by atoms with Crippen LogP contribution in [-0.4, -0.2) is 34.8 Å². The molecule has 20 heavy (non-hydrogen) atoms. The summed E-state index contributed by atoms with van der Waals surface area (Å²) >= 11 is 0. The van der Waals surface area contributed by atoms with Crippen molar-refractivity contribution in [3.63, 3.8) is 0 Å². The number of likely N-dealkylation sites (tertiary alicyclic amines) is 1. The van der Waals surface area contributed by atoms with Crippen molar-refractivity contribution in [1.82, 2.24) is 4.90 Å². The van der Waals surface area contributed by atoms with Crippen molar-refractivity contribution in [1.29, 1.82) is 0 Å². The first-order valence-electron chi connectivity index (χ1n) is 7.73. The molecule has 1 saturated heterocycles. The van der Waals surface area contributed by atoms with Crippen LogP contribution in [0.4, 0.5) is 0 Å². The number of hydrogen-bond donors (Lipinski definition) is 1. The van der Waals surface area contributed by atoms with Crippen LogP contribution in [0.25, 0.3) is 0 Å². The van der Waals surface area contributed by atoms with Gasteiger partial charge in [-0.2, -0.15) is 0 Å². The van der Waals surface area contributed by atoms with E-state index < -0.39 is 0 Å². The lowest BCUT2D eigenvalue weighted by Gasteiger charge is -2.26. The summed E-state index contributed by atoms with van der Waals surface area (Å²) in [5, 5.41) is 9.62. The zero-order chi connectivity index (χ0) is 14.5. The summed E-state index contributed by atoms with van der Waals surface area (Å²) in [5.74, 6) is 0.991. The fraction of sp³-hybridized carbons (Fsp3) is 0.647. The predicted octanol–water partition coefficient (Wildman–Crippen LogP) is 3.21. The number of rotatable bonds is 6. The molecule has 0 radical (unpaired) electrons. The van der Waals surface area contributed by atoms with Crippen molar-refractivity contribution in [2.75, 3.05) is 6.54 Å². The molecule has 0 spiro atoms. The van der Waals surface area contributed by atoms with E-state index in [1.165, 1.54) is 18.4 Å². The van der Waals surface area contributed by atoms with Crippen LogP contribution in [0.1, 0.15) is 45.6 Å². The second-order valence-electron chi connectivity index (χ2n) is 6.13.